The zero-order valence-electron chi connectivity index (χ0n) is 12.0. The number of hydrogen-bond acceptors (Lipinski definition) is 3. The van der Waals surface area contributed by atoms with Crippen molar-refractivity contribution in [1.29, 1.82) is 0 Å². The third kappa shape index (κ3) is 2.59. The molecule has 1 saturated carbocycles. The molecule has 0 heterocycles. The number of aryl methyl sites for hydroxylation is 1. The molecule has 0 saturated heterocycles. The fraction of sp³-hybridized carbons (Fsp3) is 0.533. The SMILES string of the molecule is COc1c(C)ccc(NC(=O)C(C)(N)C2CC2)c1C. The zero-order valence-corrected chi connectivity index (χ0v) is 12.0. The molecule has 1 unspecified atom stereocenters. The molecule has 1 fully saturated rings. The van der Waals surface area contributed by atoms with Gasteiger partial charge >= 0.3 is 0 Å². The number of nitrogens with two attached hydrogens (primary N) is 1. The minimum Gasteiger partial charge on any atom is -0.496 e. The number of amides is 1. The Morgan fingerprint density at radius 1 is 1.42 bits per heavy atom. The van der Waals surface area contributed by atoms with E-state index in [9.17, 15) is 4.79 Å². The molecule has 4 nitrogen and oxygen atoms in total. The number of carbonyl (C=O) groups excluding carboxylic acids is 1. The molecule has 3 N–H and O–H groups in total. The van der Waals surface area contributed by atoms with Crippen LogP contribution in [0.2, 0.25) is 0 Å². The number of ether oxygens (including phenoxy) is 1. The van der Waals surface area contributed by atoms with E-state index in [2.05, 4.69) is 5.32 Å². The van der Waals surface area contributed by atoms with Crippen LogP contribution < -0.4 is 15.8 Å². The van der Waals surface area contributed by atoms with E-state index in [1.807, 2.05) is 26.0 Å². The molecule has 1 aliphatic carbocycles. The number of nitrogens with one attached hydrogen (secondary N) is 1. The molecule has 1 amide bonds. The van der Waals surface area contributed by atoms with Gasteiger partial charge in [-0.3, -0.25) is 4.79 Å². The van der Waals surface area contributed by atoms with Gasteiger partial charge in [-0.15, -0.1) is 0 Å². The van der Waals surface area contributed by atoms with Crippen LogP contribution in [0.3, 0.4) is 0 Å². The van der Waals surface area contributed by atoms with Crippen LogP contribution in [-0.4, -0.2) is 18.6 Å². The first-order valence-corrected chi connectivity index (χ1v) is 6.62. The minimum absolute atomic E-state index is 0.121. The predicted octanol–water partition coefficient (Wildman–Crippen LogP) is 2.38. The lowest BCUT2D eigenvalue weighted by atomic mass is 9.96. The topological polar surface area (TPSA) is 64.3 Å². The summed E-state index contributed by atoms with van der Waals surface area (Å²) >= 11 is 0. The monoisotopic (exact) mass is 262 g/mol. The highest BCUT2D eigenvalue weighted by molar-refractivity contribution is 5.99. The molecular weight excluding hydrogens is 240 g/mol. The number of anilines is 1. The smallest absolute Gasteiger partial charge is 0.244 e. The first-order valence-electron chi connectivity index (χ1n) is 6.62. The van der Waals surface area contributed by atoms with Crippen molar-refractivity contribution in [2.45, 2.75) is 39.2 Å². The first kappa shape index (κ1) is 13.9. The average Bonchev–Trinajstić information content (AvgIpc) is 3.17. The summed E-state index contributed by atoms with van der Waals surface area (Å²) in [5.41, 5.74) is 8.09. The van der Waals surface area contributed by atoms with E-state index >= 15 is 0 Å². The second-order valence-corrected chi connectivity index (χ2v) is 5.60. The molecule has 0 aliphatic heterocycles. The summed E-state index contributed by atoms with van der Waals surface area (Å²) in [7, 11) is 1.64. The zero-order chi connectivity index (χ0) is 14.2. The van der Waals surface area contributed by atoms with Gasteiger partial charge in [0, 0.05) is 11.3 Å². The molecule has 0 bridgehead atoms. The minimum atomic E-state index is -0.787. The molecule has 0 aromatic heterocycles. The molecular formula is C15H22N2O2. The van der Waals surface area contributed by atoms with Crippen molar-refractivity contribution in [2.75, 3.05) is 12.4 Å². The van der Waals surface area contributed by atoms with Crippen LogP contribution in [-0.2, 0) is 4.79 Å². The summed E-state index contributed by atoms with van der Waals surface area (Å²) in [5.74, 6) is 0.993. The Morgan fingerprint density at radius 3 is 2.58 bits per heavy atom. The van der Waals surface area contributed by atoms with Crippen molar-refractivity contribution >= 4 is 11.6 Å². The van der Waals surface area contributed by atoms with Crippen LogP contribution in [0.1, 0.15) is 30.9 Å². The normalized spacial score (nSPS) is 17.7. The fourth-order valence-corrected chi connectivity index (χ4v) is 2.40. The molecule has 0 spiro atoms. The number of hydrogen-bond donors (Lipinski definition) is 2. The second kappa shape index (κ2) is 4.85. The Bertz CT molecular complexity index is 505. The number of carbonyl (C=O) groups is 1. The lowest BCUT2D eigenvalue weighted by Gasteiger charge is -2.24. The van der Waals surface area contributed by atoms with E-state index in [0.29, 0.717) is 5.92 Å². The predicted molar refractivity (Wildman–Crippen MR) is 76.4 cm³/mol. The molecule has 19 heavy (non-hydrogen) atoms. The van der Waals surface area contributed by atoms with Gasteiger partial charge in [0.2, 0.25) is 5.91 Å². The van der Waals surface area contributed by atoms with E-state index in [4.69, 9.17) is 10.5 Å². The van der Waals surface area contributed by atoms with Crippen molar-refractivity contribution in [1.82, 2.24) is 0 Å². The van der Waals surface area contributed by atoms with Gasteiger partial charge in [-0.25, -0.2) is 0 Å². The van der Waals surface area contributed by atoms with Crippen molar-refractivity contribution in [3.05, 3.63) is 23.3 Å². The maximum Gasteiger partial charge on any atom is 0.244 e. The maximum absolute atomic E-state index is 12.3. The third-order valence-corrected chi connectivity index (χ3v) is 3.97. The standard InChI is InChI=1S/C15H22N2O2/c1-9-5-8-12(10(2)13(9)19-4)17-14(18)15(3,16)11-6-7-11/h5,8,11H,6-7,16H2,1-4H3,(H,17,18). The summed E-state index contributed by atoms with van der Waals surface area (Å²) in [6.45, 7) is 5.72. The van der Waals surface area contributed by atoms with Crippen LogP contribution >= 0.6 is 0 Å². The molecule has 1 aromatic rings. The Kier molecular flexibility index (Phi) is 3.54. The largest absolute Gasteiger partial charge is 0.496 e. The summed E-state index contributed by atoms with van der Waals surface area (Å²) in [6.07, 6.45) is 2.08. The highest BCUT2D eigenvalue weighted by Crippen LogP contribution is 2.39. The van der Waals surface area contributed by atoms with Gasteiger partial charge in [0.25, 0.3) is 0 Å². The Morgan fingerprint density at radius 2 is 2.05 bits per heavy atom. The quantitative estimate of drug-likeness (QED) is 0.875. The summed E-state index contributed by atoms with van der Waals surface area (Å²) in [5, 5.41) is 2.93. The third-order valence-electron chi connectivity index (χ3n) is 3.97. The fourth-order valence-electron chi connectivity index (χ4n) is 2.40. The van der Waals surface area contributed by atoms with Gasteiger partial charge in [-0.05, 0) is 51.2 Å². The lowest BCUT2D eigenvalue weighted by molar-refractivity contribution is -0.121. The number of rotatable bonds is 4. The van der Waals surface area contributed by atoms with E-state index in [1.54, 1.807) is 14.0 Å². The number of methoxy groups -OCH3 is 1. The summed E-state index contributed by atoms with van der Waals surface area (Å²) < 4.78 is 5.36. The van der Waals surface area contributed by atoms with E-state index < -0.39 is 5.54 Å². The highest BCUT2D eigenvalue weighted by Gasteiger charge is 2.44. The molecule has 4 heteroatoms. The first-order chi connectivity index (χ1) is 8.87. The average molecular weight is 262 g/mol. The Hall–Kier alpha value is -1.55. The summed E-state index contributed by atoms with van der Waals surface area (Å²) in [4.78, 5) is 12.3. The molecule has 2 rings (SSSR count). The van der Waals surface area contributed by atoms with Crippen LogP contribution in [0.25, 0.3) is 0 Å². The molecule has 104 valence electrons. The van der Waals surface area contributed by atoms with Crippen LogP contribution in [0.15, 0.2) is 12.1 Å². The van der Waals surface area contributed by atoms with Crippen molar-refractivity contribution in [3.63, 3.8) is 0 Å². The van der Waals surface area contributed by atoms with Gasteiger partial charge in [0.1, 0.15) is 5.75 Å². The van der Waals surface area contributed by atoms with Crippen LogP contribution in [0.5, 0.6) is 5.75 Å². The molecule has 1 aliphatic rings. The van der Waals surface area contributed by atoms with Crippen molar-refractivity contribution in [2.24, 2.45) is 11.7 Å². The maximum atomic E-state index is 12.3. The van der Waals surface area contributed by atoms with Crippen LogP contribution in [0, 0.1) is 19.8 Å². The Balaban J connectivity index is 2.22. The highest BCUT2D eigenvalue weighted by atomic mass is 16.5. The molecule has 1 atom stereocenters. The van der Waals surface area contributed by atoms with E-state index in [1.165, 1.54) is 0 Å². The van der Waals surface area contributed by atoms with Gasteiger partial charge in [0.15, 0.2) is 0 Å². The lowest BCUT2D eigenvalue weighted by Crippen LogP contribution is -2.50. The second-order valence-electron chi connectivity index (χ2n) is 5.60. The van der Waals surface area contributed by atoms with Crippen molar-refractivity contribution in [3.8, 4) is 5.75 Å². The van der Waals surface area contributed by atoms with Gasteiger partial charge < -0.3 is 15.8 Å². The molecule has 1 aromatic carbocycles. The van der Waals surface area contributed by atoms with E-state index in [-0.39, 0.29) is 5.91 Å². The van der Waals surface area contributed by atoms with E-state index in [0.717, 1.165) is 35.4 Å². The summed E-state index contributed by atoms with van der Waals surface area (Å²) in [6, 6.07) is 3.83. The van der Waals surface area contributed by atoms with Gasteiger partial charge in [0.05, 0.1) is 12.6 Å². The van der Waals surface area contributed by atoms with Crippen LogP contribution in [0.4, 0.5) is 5.69 Å². The van der Waals surface area contributed by atoms with Gasteiger partial charge in [-0.2, -0.15) is 0 Å². The van der Waals surface area contributed by atoms with Crippen molar-refractivity contribution < 1.29 is 9.53 Å². The van der Waals surface area contributed by atoms with Gasteiger partial charge in [-0.1, -0.05) is 6.07 Å². The number of benzene rings is 1. The molecule has 0 radical (unpaired) electrons. The Labute approximate surface area is 114 Å².